The molecule has 0 radical (unpaired) electrons. The number of nitrogens with one attached hydrogen (secondary N) is 1. The van der Waals surface area contributed by atoms with Crippen LogP contribution in [-0.2, 0) is 9.53 Å². The number of hydrogen-bond acceptors (Lipinski definition) is 6. The fourth-order valence-corrected chi connectivity index (χ4v) is 3.28. The summed E-state index contributed by atoms with van der Waals surface area (Å²) in [6.07, 6.45) is 1.76. The van der Waals surface area contributed by atoms with Gasteiger partial charge in [0.05, 0.1) is 30.4 Å². The van der Waals surface area contributed by atoms with E-state index in [4.69, 9.17) is 9.72 Å². The number of rotatable bonds is 4. The Bertz CT molecular complexity index is 1110. The summed E-state index contributed by atoms with van der Waals surface area (Å²) in [7, 11) is 0. The molecule has 1 amide bonds. The average Bonchev–Trinajstić information content (AvgIpc) is 2.78. The SMILES string of the molecule is CC(C)(C)C(=O)Nc1ccc(C(=O)c2ccc3ncc(N4CCOCC4)nc3c2)cc1. The molecular formula is C24H26N4O3. The van der Waals surface area contributed by atoms with E-state index in [-0.39, 0.29) is 11.7 Å². The van der Waals surface area contributed by atoms with E-state index in [9.17, 15) is 9.59 Å². The van der Waals surface area contributed by atoms with Crippen LogP contribution in [0.2, 0.25) is 0 Å². The lowest BCUT2D eigenvalue weighted by molar-refractivity contribution is -0.123. The van der Waals surface area contributed by atoms with Gasteiger partial charge in [-0.25, -0.2) is 4.98 Å². The van der Waals surface area contributed by atoms with Crippen LogP contribution in [0.3, 0.4) is 0 Å². The summed E-state index contributed by atoms with van der Waals surface area (Å²) < 4.78 is 5.40. The Morgan fingerprint density at radius 3 is 2.32 bits per heavy atom. The topological polar surface area (TPSA) is 84.4 Å². The number of morpholine rings is 1. The molecule has 0 atom stereocenters. The maximum atomic E-state index is 13.0. The van der Waals surface area contributed by atoms with Crippen molar-refractivity contribution < 1.29 is 14.3 Å². The van der Waals surface area contributed by atoms with Crippen LogP contribution in [0.4, 0.5) is 11.5 Å². The molecule has 3 aromatic rings. The van der Waals surface area contributed by atoms with Crippen LogP contribution in [0.15, 0.2) is 48.7 Å². The molecule has 0 saturated carbocycles. The van der Waals surface area contributed by atoms with Crippen LogP contribution in [0, 0.1) is 5.41 Å². The predicted molar refractivity (Wildman–Crippen MR) is 121 cm³/mol. The lowest BCUT2D eigenvalue weighted by Crippen LogP contribution is -2.36. The Labute approximate surface area is 181 Å². The van der Waals surface area contributed by atoms with Crippen molar-refractivity contribution in [2.24, 2.45) is 5.41 Å². The first kappa shape index (κ1) is 20.9. The Balaban J connectivity index is 1.54. The van der Waals surface area contributed by atoms with E-state index in [0.717, 1.165) is 24.4 Å². The van der Waals surface area contributed by atoms with Crippen molar-refractivity contribution >= 4 is 34.2 Å². The maximum absolute atomic E-state index is 13.0. The Morgan fingerprint density at radius 2 is 1.65 bits per heavy atom. The molecule has 0 bridgehead atoms. The smallest absolute Gasteiger partial charge is 0.229 e. The van der Waals surface area contributed by atoms with Gasteiger partial charge in [-0.3, -0.25) is 14.6 Å². The lowest BCUT2D eigenvalue weighted by atomic mass is 9.95. The zero-order chi connectivity index (χ0) is 22.0. The molecule has 0 spiro atoms. The monoisotopic (exact) mass is 418 g/mol. The van der Waals surface area contributed by atoms with Crippen molar-refractivity contribution in [3.63, 3.8) is 0 Å². The summed E-state index contributed by atoms with van der Waals surface area (Å²) in [5, 5.41) is 2.87. The van der Waals surface area contributed by atoms with Crippen molar-refractivity contribution in [1.82, 2.24) is 9.97 Å². The normalized spacial score (nSPS) is 14.5. The first-order valence-electron chi connectivity index (χ1n) is 10.4. The Kier molecular flexibility index (Phi) is 5.69. The maximum Gasteiger partial charge on any atom is 0.229 e. The number of benzene rings is 2. The zero-order valence-electron chi connectivity index (χ0n) is 18.0. The van der Waals surface area contributed by atoms with Gasteiger partial charge in [0, 0.05) is 35.3 Å². The number of ether oxygens (including phenoxy) is 1. The minimum absolute atomic E-state index is 0.0734. The standard InChI is InChI=1S/C24H26N4O3/c1-24(2,3)23(30)26-18-7-4-16(5-8-18)22(29)17-6-9-19-20(14-17)27-21(15-25-19)28-10-12-31-13-11-28/h4-9,14-15H,10-13H2,1-3H3,(H,26,30). The van der Waals surface area contributed by atoms with Gasteiger partial charge in [-0.05, 0) is 42.5 Å². The number of aromatic nitrogens is 2. The molecule has 4 rings (SSSR count). The van der Waals surface area contributed by atoms with Crippen molar-refractivity contribution in [1.29, 1.82) is 0 Å². The van der Waals surface area contributed by atoms with Gasteiger partial charge in [0.2, 0.25) is 5.91 Å². The molecule has 2 aromatic carbocycles. The molecule has 7 nitrogen and oxygen atoms in total. The molecule has 1 aliphatic rings. The average molecular weight is 418 g/mol. The van der Waals surface area contributed by atoms with Gasteiger partial charge in [0.25, 0.3) is 0 Å². The highest BCUT2D eigenvalue weighted by Gasteiger charge is 2.21. The first-order valence-corrected chi connectivity index (χ1v) is 10.4. The third-order valence-electron chi connectivity index (χ3n) is 5.21. The number of carbonyl (C=O) groups excluding carboxylic acids is 2. The second-order valence-corrected chi connectivity index (χ2v) is 8.64. The van der Waals surface area contributed by atoms with Gasteiger partial charge in [0.1, 0.15) is 5.82 Å². The Hall–Kier alpha value is -3.32. The summed E-state index contributed by atoms with van der Waals surface area (Å²) in [5.41, 5.74) is 2.70. The zero-order valence-corrected chi connectivity index (χ0v) is 18.0. The molecule has 0 unspecified atom stereocenters. The van der Waals surface area contributed by atoms with Crippen LogP contribution in [0.25, 0.3) is 11.0 Å². The highest BCUT2D eigenvalue weighted by Crippen LogP contribution is 2.21. The number of nitrogens with zero attached hydrogens (tertiary/aromatic N) is 3. The van der Waals surface area contributed by atoms with Crippen LogP contribution in [-0.4, -0.2) is 48.0 Å². The highest BCUT2D eigenvalue weighted by atomic mass is 16.5. The molecular weight excluding hydrogens is 392 g/mol. The van der Waals surface area contributed by atoms with Crippen LogP contribution in [0.5, 0.6) is 0 Å². The van der Waals surface area contributed by atoms with Crippen molar-refractivity contribution in [2.75, 3.05) is 36.5 Å². The minimum atomic E-state index is -0.485. The van der Waals surface area contributed by atoms with Gasteiger partial charge >= 0.3 is 0 Å². The molecule has 1 aliphatic heterocycles. The van der Waals surface area contributed by atoms with Gasteiger partial charge in [-0.1, -0.05) is 20.8 Å². The fourth-order valence-electron chi connectivity index (χ4n) is 3.28. The van der Waals surface area contributed by atoms with Gasteiger partial charge in [-0.15, -0.1) is 0 Å². The van der Waals surface area contributed by atoms with Crippen LogP contribution in [0.1, 0.15) is 36.7 Å². The second kappa shape index (κ2) is 8.43. The highest BCUT2D eigenvalue weighted by molar-refractivity contribution is 6.10. The summed E-state index contributed by atoms with van der Waals surface area (Å²) in [6.45, 7) is 8.46. The molecule has 7 heteroatoms. The van der Waals surface area contributed by atoms with Crippen LogP contribution >= 0.6 is 0 Å². The van der Waals surface area contributed by atoms with Crippen molar-refractivity contribution in [3.8, 4) is 0 Å². The van der Waals surface area contributed by atoms with E-state index >= 15 is 0 Å². The van der Waals surface area contributed by atoms with E-state index < -0.39 is 5.41 Å². The lowest BCUT2D eigenvalue weighted by Gasteiger charge is -2.27. The molecule has 31 heavy (non-hydrogen) atoms. The van der Waals surface area contributed by atoms with E-state index in [1.54, 1.807) is 42.6 Å². The van der Waals surface area contributed by atoms with Crippen LogP contribution < -0.4 is 10.2 Å². The third kappa shape index (κ3) is 4.72. The number of amides is 1. The van der Waals surface area contributed by atoms with E-state index in [1.807, 2.05) is 26.8 Å². The summed E-state index contributed by atoms with van der Waals surface area (Å²) >= 11 is 0. The molecule has 160 valence electrons. The van der Waals surface area contributed by atoms with E-state index in [2.05, 4.69) is 15.2 Å². The number of anilines is 2. The third-order valence-corrected chi connectivity index (χ3v) is 5.21. The molecule has 0 aliphatic carbocycles. The first-order chi connectivity index (χ1) is 14.8. The molecule has 1 saturated heterocycles. The minimum Gasteiger partial charge on any atom is -0.378 e. The fraction of sp³-hybridized carbons (Fsp3) is 0.333. The second-order valence-electron chi connectivity index (χ2n) is 8.64. The number of ketones is 1. The largest absolute Gasteiger partial charge is 0.378 e. The van der Waals surface area contributed by atoms with Gasteiger partial charge < -0.3 is 15.0 Å². The molecule has 1 fully saturated rings. The summed E-state index contributed by atoms with van der Waals surface area (Å²) in [5.74, 6) is 0.615. The predicted octanol–water partition coefficient (Wildman–Crippen LogP) is 3.68. The quantitative estimate of drug-likeness (QED) is 0.651. The number of hydrogen-bond donors (Lipinski definition) is 1. The number of fused-ring (bicyclic) bond motifs is 1. The van der Waals surface area contributed by atoms with E-state index in [0.29, 0.717) is 35.5 Å². The molecule has 1 N–H and O–H groups in total. The number of carbonyl (C=O) groups is 2. The summed E-state index contributed by atoms with van der Waals surface area (Å²) in [6, 6.07) is 12.3. The van der Waals surface area contributed by atoms with Crippen molar-refractivity contribution in [2.45, 2.75) is 20.8 Å². The molecule has 2 heterocycles. The van der Waals surface area contributed by atoms with E-state index in [1.165, 1.54) is 0 Å². The van der Waals surface area contributed by atoms with Crippen molar-refractivity contribution in [3.05, 3.63) is 59.8 Å². The van der Waals surface area contributed by atoms with Gasteiger partial charge in [-0.2, -0.15) is 0 Å². The molecule has 1 aromatic heterocycles. The summed E-state index contributed by atoms with van der Waals surface area (Å²) in [4.78, 5) is 36.5. The Morgan fingerprint density at radius 1 is 0.968 bits per heavy atom. The van der Waals surface area contributed by atoms with Gasteiger partial charge in [0.15, 0.2) is 5.78 Å².